The van der Waals surface area contributed by atoms with Gasteiger partial charge in [-0.1, -0.05) is 13.5 Å². The second-order valence-corrected chi connectivity index (χ2v) is 4.56. The van der Waals surface area contributed by atoms with Crippen molar-refractivity contribution < 1.29 is 8.78 Å². The maximum atomic E-state index is 12.5. The third-order valence-corrected chi connectivity index (χ3v) is 2.67. The molecule has 0 saturated heterocycles. The highest BCUT2D eigenvalue weighted by Crippen LogP contribution is 2.19. The van der Waals surface area contributed by atoms with Crippen LogP contribution in [-0.4, -0.2) is 24.2 Å². The highest BCUT2D eigenvalue weighted by atomic mass is 19.3. The van der Waals surface area contributed by atoms with Crippen LogP contribution in [0.5, 0.6) is 0 Å². The Bertz CT molecular complexity index is 393. The molecular weight excluding hydrogens is 234 g/mol. The first-order valence-corrected chi connectivity index (χ1v) is 6.13. The van der Waals surface area contributed by atoms with Crippen LogP contribution in [0.3, 0.4) is 0 Å². The summed E-state index contributed by atoms with van der Waals surface area (Å²) in [6.45, 7) is 9.43. The minimum absolute atomic E-state index is 0.101. The monoisotopic (exact) mass is 254 g/mol. The number of aliphatic imine (C=N–C) groups is 1. The zero-order valence-corrected chi connectivity index (χ0v) is 11.1. The van der Waals surface area contributed by atoms with Crippen molar-refractivity contribution in [3.05, 3.63) is 36.1 Å². The number of nitrogens with zero attached hydrogens (tertiary/aromatic N) is 1. The molecule has 100 valence electrons. The Morgan fingerprint density at radius 1 is 1.56 bits per heavy atom. The van der Waals surface area contributed by atoms with Crippen LogP contribution < -0.4 is 5.32 Å². The fourth-order valence-corrected chi connectivity index (χ4v) is 1.81. The second kappa shape index (κ2) is 6.59. The molecule has 2 nitrogen and oxygen atoms in total. The van der Waals surface area contributed by atoms with Crippen molar-refractivity contribution in [1.29, 1.82) is 0 Å². The maximum absolute atomic E-state index is 12.5. The molecule has 0 aromatic rings. The van der Waals surface area contributed by atoms with Crippen molar-refractivity contribution in [3.63, 3.8) is 0 Å². The van der Waals surface area contributed by atoms with Crippen molar-refractivity contribution in [3.8, 4) is 0 Å². The van der Waals surface area contributed by atoms with E-state index in [9.17, 15) is 8.78 Å². The molecule has 0 aliphatic carbocycles. The molecule has 4 heteroatoms. The van der Waals surface area contributed by atoms with Crippen molar-refractivity contribution in [2.45, 2.75) is 45.7 Å². The summed E-state index contributed by atoms with van der Waals surface area (Å²) in [7, 11) is 0. The molecule has 0 amide bonds. The molecule has 1 N–H and O–H groups in total. The third kappa shape index (κ3) is 3.88. The van der Waals surface area contributed by atoms with Gasteiger partial charge in [0.25, 0.3) is 6.43 Å². The number of alkyl halides is 2. The van der Waals surface area contributed by atoms with E-state index < -0.39 is 6.43 Å². The van der Waals surface area contributed by atoms with Crippen molar-refractivity contribution in [2.75, 3.05) is 0 Å². The third-order valence-electron chi connectivity index (χ3n) is 2.67. The van der Waals surface area contributed by atoms with Crippen molar-refractivity contribution >= 4 is 5.71 Å². The van der Waals surface area contributed by atoms with Crippen LogP contribution in [0.2, 0.25) is 0 Å². The maximum Gasteiger partial charge on any atom is 0.263 e. The van der Waals surface area contributed by atoms with Gasteiger partial charge >= 0.3 is 0 Å². The molecule has 0 fully saturated rings. The van der Waals surface area contributed by atoms with Gasteiger partial charge in [0.1, 0.15) is 0 Å². The topological polar surface area (TPSA) is 24.4 Å². The van der Waals surface area contributed by atoms with Crippen molar-refractivity contribution in [1.82, 2.24) is 5.32 Å². The Morgan fingerprint density at radius 3 is 2.72 bits per heavy atom. The van der Waals surface area contributed by atoms with E-state index in [0.29, 0.717) is 0 Å². The first kappa shape index (κ1) is 14.8. The Kier molecular flexibility index (Phi) is 5.41. The zero-order valence-electron chi connectivity index (χ0n) is 11.1. The van der Waals surface area contributed by atoms with E-state index in [-0.39, 0.29) is 17.7 Å². The Hall–Kier alpha value is -1.29. The molecule has 18 heavy (non-hydrogen) atoms. The summed E-state index contributed by atoms with van der Waals surface area (Å²) in [4.78, 5) is 4.30. The van der Waals surface area contributed by atoms with Gasteiger partial charge in [-0.15, -0.1) is 0 Å². The molecule has 0 aromatic carbocycles. The fraction of sp³-hybridized carbons (Fsp3) is 0.500. The second-order valence-electron chi connectivity index (χ2n) is 4.56. The molecule has 0 radical (unpaired) electrons. The van der Waals surface area contributed by atoms with Gasteiger partial charge < -0.3 is 5.32 Å². The molecule has 0 aromatic heterocycles. The van der Waals surface area contributed by atoms with Gasteiger partial charge in [-0.3, -0.25) is 4.99 Å². The van der Waals surface area contributed by atoms with Gasteiger partial charge in [0.05, 0.1) is 6.04 Å². The quantitative estimate of drug-likeness (QED) is 0.798. The van der Waals surface area contributed by atoms with Crippen LogP contribution in [0.1, 0.15) is 27.2 Å². The highest BCUT2D eigenvalue weighted by Gasteiger charge is 2.21. The normalized spacial score (nSPS) is 21.8. The van der Waals surface area contributed by atoms with Crippen molar-refractivity contribution in [2.24, 2.45) is 4.99 Å². The molecule has 1 heterocycles. The number of hydrogen-bond acceptors (Lipinski definition) is 2. The minimum Gasteiger partial charge on any atom is -0.303 e. The van der Waals surface area contributed by atoms with E-state index in [1.54, 1.807) is 12.3 Å². The molecule has 1 aliphatic rings. The lowest BCUT2D eigenvalue weighted by atomic mass is 9.95. The molecule has 1 unspecified atom stereocenters. The molecule has 1 rings (SSSR count). The molecule has 0 saturated carbocycles. The molecule has 0 spiro atoms. The Morgan fingerprint density at radius 2 is 2.22 bits per heavy atom. The lowest BCUT2D eigenvalue weighted by Crippen LogP contribution is -2.42. The SMILES string of the molecule is C=C(/C=C1/C=CN=C(CC)C1NC(C)C)C(F)F. The van der Waals surface area contributed by atoms with Gasteiger partial charge in [-0.05, 0) is 38.0 Å². The predicted octanol–water partition coefficient (Wildman–Crippen LogP) is 3.48. The van der Waals surface area contributed by atoms with E-state index in [1.165, 1.54) is 6.08 Å². The summed E-state index contributed by atoms with van der Waals surface area (Å²) in [6.07, 6.45) is 3.13. The Labute approximate surface area is 107 Å². The van der Waals surface area contributed by atoms with E-state index in [2.05, 4.69) is 16.9 Å². The lowest BCUT2D eigenvalue weighted by molar-refractivity contribution is 0.194. The Balaban J connectivity index is 2.98. The number of halogens is 2. The summed E-state index contributed by atoms with van der Waals surface area (Å²) in [5.74, 6) is 0. The average Bonchev–Trinajstić information content (AvgIpc) is 2.30. The van der Waals surface area contributed by atoms with Crippen LogP contribution in [0, 0.1) is 0 Å². The molecule has 1 aliphatic heterocycles. The van der Waals surface area contributed by atoms with Gasteiger partial charge in [0, 0.05) is 23.5 Å². The van der Waals surface area contributed by atoms with Crippen LogP contribution in [0.25, 0.3) is 0 Å². The van der Waals surface area contributed by atoms with Crippen LogP contribution >= 0.6 is 0 Å². The summed E-state index contributed by atoms with van der Waals surface area (Å²) in [6, 6.07) is 0.150. The highest BCUT2D eigenvalue weighted by molar-refractivity contribution is 5.94. The van der Waals surface area contributed by atoms with E-state index in [0.717, 1.165) is 17.7 Å². The van der Waals surface area contributed by atoms with Crippen LogP contribution in [0.15, 0.2) is 41.1 Å². The lowest BCUT2D eigenvalue weighted by Gasteiger charge is -2.26. The van der Waals surface area contributed by atoms with Gasteiger partial charge in [0.2, 0.25) is 0 Å². The van der Waals surface area contributed by atoms with E-state index in [1.807, 2.05) is 20.8 Å². The molecule has 1 atom stereocenters. The van der Waals surface area contributed by atoms with Gasteiger partial charge in [-0.25, -0.2) is 8.78 Å². The standard InChI is InChI=1S/C14H20F2N2/c1-5-12-13(18-9(2)3)11(6-7-17-12)8-10(4)14(15)16/h6-9,13-14,18H,4-5H2,1-3H3/b11-8-. The number of rotatable bonds is 5. The predicted molar refractivity (Wildman–Crippen MR) is 72.2 cm³/mol. The summed E-state index contributed by atoms with van der Waals surface area (Å²) in [5.41, 5.74) is 1.59. The number of hydrogen-bond donors (Lipinski definition) is 1. The number of nitrogens with one attached hydrogen (secondary N) is 1. The van der Waals surface area contributed by atoms with Crippen LogP contribution in [-0.2, 0) is 0 Å². The smallest absolute Gasteiger partial charge is 0.263 e. The largest absolute Gasteiger partial charge is 0.303 e. The summed E-state index contributed by atoms with van der Waals surface area (Å²) < 4.78 is 25.1. The van der Waals surface area contributed by atoms with Gasteiger partial charge in [0.15, 0.2) is 0 Å². The first-order valence-electron chi connectivity index (χ1n) is 6.13. The average molecular weight is 254 g/mol. The first-order chi connectivity index (χ1) is 8.45. The van der Waals surface area contributed by atoms with E-state index >= 15 is 0 Å². The summed E-state index contributed by atoms with van der Waals surface area (Å²) >= 11 is 0. The molecule has 0 bridgehead atoms. The number of allylic oxidation sites excluding steroid dienone is 2. The minimum atomic E-state index is -2.52. The zero-order chi connectivity index (χ0) is 13.7. The molecular formula is C14H20F2N2. The summed E-state index contributed by atoms with van der Waals surface area (Å²) in [5, 5.41) is 3.34. The van der Waals surface area contributed by atoms with Crippen LogP contribution in [0.4, 0.5) is 8.78 Å². The van der Waals surface area contributed by atoms with Gasteiger partial charge in [-0.2, -0.15) is 0 Å². The van der Waals surface area contributed by atoms with E-state index in [4.69, 9.17) is 0 Å². The fourth-order valence-electron chi connectivity index (χ4n) is 1.81.